The number of aromatic nitrogens is 2. The maximum atomic E-state index is 14.1. The molecule has 3 rings (SSSR count). The Kier molecular flexibility index (Phi) is 3.51. The van der Waals surface area contributed by atoms with Crippen molar-refractivity contribution in [3.05, 3.63) is 55.7 Å². The first kappa shape index (κ1) is 13.9. The molecule has 2 nitrogen and oxygen atoms in total. The van der Waals surface area contributed by atoms with Crippen LogP contribution in [-0.2, 0) is 0 Å². The van der Waals surface area contributed by atoms with Gasteiger partial charge in [-0.05, 0) is 52.4 Å². The van der Waals surface area contributed by atoms with Crippen molar-refractivity contribution in [1.29, 1.82) is 0 Å². The fourth-order valence-electron chi connectivity index (χ4n) is 2.01. The van der Waals surface area contributed by atoms with E-state index in [1.54, 1.807) is 6.07 Å². The molecule has 0 aliphatic rings. The predicted molar refractivity (Wildman–Crippen MR) is 83.8 cm³/mol. The molecule has 0 atom stereocenters. The lowest BCUT2D eigenvalue weighted by atomic mass is 10.2. The average molecular weight is 420 g/mol. The SMILES string of the molecule is Fc1cc(-n2c(=S)[nH]c3cc(Br)ccc32)c(F)cc1Br. The van der Waals surface area contributed by atoms with E-state index in [1.165, 1.54) is 4.57 Å². The average Bonchev–Trinajstić information content (AvgIpc) is 2.69. The molecule has 0 aliphatic heterocycles. The summed E-state index contributed by atoms with van der Waals surface area (Å²) in [5.41, 5.74) is 1.50. The molecule has 0 unspecified atom stereocenters. The number of halogens is 4. The van der Waals surface area contributed by atoms with Gasteiger partial charge >= 0.3 is 0 Å². The van der Waals surface area contributed by atoms with E-state index in [-0.39, 0.29) is 10.2 Å². The highest BCUT2D eigenvalue weighted by Crippen LogP contribution is 2.27. The summed E-state index contributed by atoms with van der Waals surface area (Å²) in [6, 6.07) is 7.63. The normalized spacial score (nSPS) is 11.2. The standard InChI is InChI=1S/C13H6Br2F2N2S/c14-6-1-2-11-10(3-6)18-13(20)19(11)12-5-8(16)7(15)4-9(12)17/h1-5H,(H,18,20). The van der Waals surface area contributed by atoms with Crippen molar-refractivity contribution in [3.8, 4) is 5.69 Å². The highest BCUT2D eigenvalue weighted by molar-refractivity contribution is 9.10. The molecule has 0 aliphatic carbocycles. The number of hydrogen-bond donors (Lipinski definition) is 1. The summed E-state index contributed by atoms with van der Waals surface area (Å²) in [6.45, 7) is 0. The maximum absolute atomic E-state index is 14.1. The number of fused-ring (bicyclic) bond motifs is 1. The van der Waals surface area contributed by atoms with Crippen LogP contribution < -0.4 is 0 Å². The third-order valence-electron chi connectivity index (χ3n) is 2.87. The van der Waals surface area contributed by atoms with Crippen molar-refractivity contribution < 1.29 is 8.78 Å². The van der Waals surface area contributed by atoms with Crippen molar-refractivity contribution in [3.63, 3.8) is 0 Å². The Balaban J connectivity index is 2.38. The molecule has 20 heavy (non-hydrogen) atoms. The molecule has 0 bridgehead atoms. The van der Waals surface area contributed by atoms with Crippen molar-refractivity contribution in [2.75, 3.05) is 0 Å². The quantitative estimate of drug-likeness (QED) is 0.408. The van der Waals surface area contributed by atoms with E-state index in [0.29, 0.717) is 10.3 Å². The number of benzene rings is 2. The highest BCUT2D eigenvalue weighted by atomic mass is 79.9. The van der Waals surface area contributed by atoms with Gasteiger partial charge in [0.05, 0.1) is 21.2 Å². The molecular weight excluding hydrogens is 414 g/mol. The van der Waals surface area contributed by atoms with E-state index >= 15 is 0 Å². The molecule has 1 heterocycles. The van der Waals surface area contributed by atoms with Gasteiger partial charge in [-0.15, -0.1) is 0 Å². The van der Waals surface area contributed by atoms with Gasteiger partial charge in [0.25, 0.3) is 0 Å². The Labute approximate surface area is 134 Å². The first-order chi connectivity index (χ1) is 9.47. The van der Waals surface area contributed by atoms with Crippen LogP contribution >= 0.6 is 44.1 Å². The molecule has 2 aromatic carbocycles. The molecule has 0 radical (unpaired) electrons. The van der Waals surface area contributed by atoms with Gasteiger partial charge in [0.2, 0.25) is 0 Å². The minimum absolute atomic E-state index is 0.0734. The van der Waals surface area contributed by atoms with Crippen LogP contribution in [0.25, 0.3) is 16.7 Å². The largest absolute Gasteiger partial charge is 0.330 e. The molecule has 1 N–H and O–H groups in total. The summed E-state index contributed by atoms with van der Waals surface area (Å²) in [7, 11) is 0. The van der Waals surface area contributed by atoms with Crippen molar-refractivity contribution >= 4 is 55.1 Å². The van der Waals surface area contributed by atoms with Crippen LogP contribution in [0.5, 0.6) is 0 Å². The lowest BCUT2D eigenvalue weighted by Crippen LogP contribution is -1.99. The Hall–Kier alpha value is -1.05. The molecule has 0 fully saturated rings. The Bertz CT molecular complexity index is 886. The van der Waals surface area contributed by atoms with Crippen LogP contribution in [-0.4, -0.2) is 9.55 Å². The van der Waals surface area contributed by atoms with E-state index < -0.39 is 11.6 Å². The monoisotopic (exact) mass is 418 g/mol. The van der Waals surface area contributed by atoms with Gasteiger partial charge in [0, 0.05) is 10.5 Å². The molecular formula is C13H6Br2F2N2S. The number of imidazole rings is 1. The van der Waals surface area contributed by atoms with Crippen LogP contribution in [0.3, 0.4) is 0 Å². The first-order valence-electron chi connectivity index (χ1n) is 5.52. The molecule has 1 aromatic heterocycles. The lowest BCUT2D eigenvalue weighted by molar-refractivity contribution is 0.588. The third kappa shape index (κ3) is 2.23. The predicted octanol–water partition coefficient (Wildman–Crippen LogP) is 5.49. The van der Waals surface area contributed by atoms with Crippen LogP contribution in [0.2, 0.25) is 0 Å². The van der Waals surface area contributed by atoms with Gasteiger partial charge in [-0.25, -0.2) is 8.78 Å². The number of hydrogen-bond acceptors (Lipinski definition) is 1. The van der Waals surface area contributed by atoms with Crippen molar-refractivity contribution in [2.45, 2.75) is 0 Å². The second kappa shape index (κ2) is 5.05. The topological polar surface area (TPSA) is 20.7 Å². The molecule has 102 valence electrons. The van der Waals surface area contributed by atoms with Crippen LogP contribution in [0, 0.1) is 16.4 Å². The van der Waals surface area contributed by atoms with Gasteiger partial charge in [0.15, 0.2) is 4.77 Å². The molecule has 3 aromatic rings. The van der Waals surface area contributed by atoms with E-state index in [0.717, 1.165) is 22.1 Å². The summed E-state index contributed by atoms with van der Waals surface area (Å²) < 4.78 is 30.5. The van der Waals surface area contributed by atoms with Crippen LogP contribution in [0.15, 0.2) is 39.3 Å². The fourth-order valence-corrected chi connectivity index (χ4v) is 2.99. The van der Waals surface area contributed by atoms with Gasteiger partial charge < -0.3 is 4.98 Å². The minimum Gasteiger partial charge on any atom is -0.330 e. The second-order valence-electron chi connectivity index (χ2n) is 4.14. The summed E-state index contributed by atoms with van der Waals surface area (Å²) >= 11 is 11.5. The number of rotatable bonds is 1. The summed E-state index contributed by atoms with van der Waals surface area (Å²) in [5, 5.41) is 0. The van der Waals surface area contributed by atoms with Gasteiger partial charge in [-0.3, -0.25) is 4.57 Å². The van der Waals surface area contributed by atoms with E-state index in [4.69, 9.17) is 12.2 Å². The number of aromatic amines is 1. The maximum Gasteiger partial charge on any atom is 0.182 e. The molecule has 7 heteroatoms. The molecule has 0 amide bonds. The molecule has 0 saturated heterocycles. The lowest BCUT2D eigenvalue weighted by Gasteiger charge is -2.07. The fraction of sp³-hybridized carbons (Fsp3) is 0. The second-order valence-corrected chi connectivity index (χ2v) is 6.30. The third-order valence-corrected chi connectivity index (χ3v) is 4.26. The zero-order chi connectivity index (χ0) is 14.4. The highest BCUT2D eigenvalue weighted by Gasteiger charge is 2.14. The minimum atomic E-state index is -0.557. The zero-order valence-corrected chi connectivity index (χ0v) is 13.7. The number of nitrogens with zero attached hydrogens (tertiary/aromatic N) is 1. The summed E-state index contributed by atoms with van der Waals surface area (Å²) in [5.74, 6) is -1.10. The van der Waals surface area contributed by atoms with Crippen molar-refractivity contribution in [2.24, 2.45) is 0 Å². The van der Waals surface area contributed by atoms with Gasteiger partial charge in [-0.2, -0.15) is 0 Å². The molecule has 0 saturated carbocycles. The Morgan fingerprint density at radius 2 is 1.80 bits per heavy atom. The van der Waals surface area contributed by atoms with E-state index in [1.807, 2.05) is 12.1 Å². The number of nitrogens with one attached hydrogen (secondary N) is 1. The van der Waals surface area contributed by atoms with Crippen LogP contribution in [0.1, 0.15) is 0 Å². The van der Waals surface area contributed by atoms with Crippen LogP contribution in [0.4, 0.5) is 8.78 Å². The Morgan fingerprint density at radius 3 is 2.55 bits per heavy atom. The summed E-state index contributed by atoms with van der Waals surface area (Å²) in [6.07, 6.45) is 0. The van der Waals surface area contributed by atoms with E-state index in [2.05, 4.69) is 36.8 Å². The first-order valence-corrected chi connectivity index (χ1v) is 7.52. The van der Waals surface area contributed by atoms with Gasteiger partial charge in [0.1, 0.15) is 11.6 Å². The smallest absolute Gasteiger partial charge is 0.182 e. The van der Waals surface area contributed by atoms with E-state index in [9.17, 15) is 8.78 Å². The Morgan fingerprint density at radius 1 is 1.05 bits per heavy atom. The zero-order valence-electron chi connectivity index (χ0n) is 9.75. The number of H-pyrrole nitrogens is 1. The van der Waals surface area contributed by atoms with Gasteiger partial charge in [-0.1, -0.05) is 15.9 Å². The summed E-state index contributed by atoms with van der Waals surface area (Å²) in [4.78, 5) is 2.97. The molecule has 0 spiro atoms. The van der Waals surface area contributed by atoms with Crippen molar-refractivity contribution in [1.82, 2.24) is 9.55 Å².